The molecule has 0 saturated carbocycles. The van der Waals surface area contributed by atoms with Gasteiger partial charge in [-0.2, -0.15) is 8.42 Å². The van der Waals surface area contributed by atoms with Crippen LogP contribution in [-0.4, -0.2) is 31.1 Å². The zero-order valence-corrected chi connectivity index (χ0v) is 16.6. The maximum atomic E-state index is 12.9. The lowest BCUT2D eigenvalue weighted by Crippen LogP contribution is -2.38. The number of nitrogens with zero attached hydrogens (tertiary/aromatic N) is 1. The van der Waals surface area contributed by atoms with Gasteiger partial charge in [0.15, 0.2) is 0 Å². The third-order valence-corrected chi connectivity index (χ3v) is 5.63. The van der Waals surface area contributed by atoms with E-state index in [0.29, 0.717) is 6.54 Å². The molecule has 0 fully saturated rings. The topological polar surface area (TPSA) is 63.7 Å². The van der Waals surface area contributed by atoms with Crippen molar-refractivity contribution in [2.24, 2.45) is 0 Å². The summed E-state index contributed by atoms with van der Waals surface area (Å²) in [7, 11) is -4.05. The molecule has 146 valence electrons. The predicted octanol–water partition coefficient (Wildman–Crippen LogP) is 3.96. The average molecular weight is 414 g/mol. The van der Waals surface area contributed by atoms with E-state index in [2.05, 4.69) is 0 Å². The van der Waals surface area contributed by atoms with Gasteiger partial charge < -0.3 is 9.08 Å². The van der Waals surface area contributed by atoms with E-state index < -0.39 is 15.9 Å². The van der Waals surface area contributed by atoms with Crippen LogP contribution in [0.5, 0.6) is 5.75 Å². The Labute approximate surface area is 163 Å². The van der Waals surface area contributed by atoms with E-state index in [1.807, 2.05) is 13.8 Å². The van der Waals surface area contributed by atoms with Gasteiger partial charge >= 0.3 is 10.1 Å². The van der Waals surface area contributed by atoms with Crippen LogP contribution in [0.1, 0.15) is 25.8 Å². The molecule has 0 aromatic heterocycles. The van der Waals surface area contributed by atoms with Crippen LogP contribution in [0.3, 0.4) is 0 Å². The van der Waals surface area contributed by atoms with E-state index in [1.54, 1.807) is 17.0 Å². The van der Waals surface area contributed by atoms with Gasteiger partial charge in [0.2, 0.25) is 5.91 Å². The molecule has 0 aliphatic carbocycles. The number of carbonyl (C=O) groups excluding carboxylic acids is 1. The largest absolute Gasteiger partial charge is 0.379 e. The number of halogens is 2. The predicted molar refractivity (Wildman–Crippen MR) is 102 cm³/mol. The number of benzene rings is 2. The molecule has 0 aliphatic rings. The third kappa shape index (κ3) is 5.68. The number of alkyl halides is 1. The van der Waals surface area contributed by atoms with Gasteiger partial charge in [0.05, 0.1) is 0 Å². The van der Waals surface area contributed by atoms with Gasteiger partial charge in [-0.05, 0) is 55.3 Å². The second kappa shape index (κ2) is 9.19. The zero-order valence-electron chi connectivity index (χ0n) is 15.1. The van der Waals surface area contributed by atoms with E-state index >= 15 is 0 Å². The van der Waals surface area contributed by atoms with Crippen LogP contribution in [-0.2, 0) is 21.5 Å². The summed E-state index contributed by atoms with van der Waals surface area (Å²) < 4.78 is 42.5. The lowest BCUT2D eigenvalue weighted by Gasteiger charge is -2.28. The van der Waals surface area contributed by atoms with Crippen LogP contribution < -0.4 is 4.18 Å². The molecule has 1 atom stereocenters. The first kappa shape index (κ1) is 21.2. The highest BCUT2D eigenvalue weighted by Crippen LogP contribution is 2.21. The summed E-state index contributed by atoms with van der Waals surface area (Å²) >= 11 is 5.68. The minimum atomic E-state index is -4.05. The van der Waals surface area contributed by atoms with Crippen LogP contribution >= 0.6 is 11.6 Å². The Morgan fingerprint density at radius 3 is 2.26 bits per heavy atom. The van der Waals surface area contributed by atoms with Gasteiger partial charge in [0, 0.05) is 12.6 Å². The molecule has 1 amide bonds. The van der Waals surface area contributed by atoms with Crippen LogP contribution in [0.15, 0.2) is 53.4 Å². The number of hydrogen-bond acceptors (Lipinski definition) is 4. The Balaban J connectivity index is 2.12. The van der Waals surface area contributed by atoms with Crippen molar-refractivity contribution < 1.29 is 21.8 Å². The molecule has 8 heteroatoms. The van der Waals surface area contributed by atoms with E-state index in [9.17, 15) is 17.6 Å². The van der Waals surface area contributed by atoms with Crippen molar-refractivity contribution in [1.29, 1.82) is 0 Å². The van der Waals surface area contributed by atoms with Crippen LogP contribution in [0.25, 0.3) is 0 Å². The molecule has 0 heterocycles. The van der Waals surface area contributed by atoms with Crippen LogP contribution in [0, 0.1) is 5.82 Å². The molecule has 0 spiro atoms. The summed E-state index contributed by atoms with van der Waals surface area (Å²) in [6.07, 6.45) is 0.791. The number of hydrogen-bond donors (Lipinski definition) is 0. The van der Waals surface area contributed by atoms with Gasteiger partial charge in [-0.15, -0.1) is 11.6 Å². The fraction of sp³-hybridized carbons (Fsp3) is 0.316. The number of rotatable bonds is 8. The summed E-state index contributed by atoms with van der Waals surface area (Å²) in [6.45, 7) is 4.29. The smallest absolute Gasteiger partial charge is 0.339 e. The average Bonchev–Trinajstić information content (AvgIpc) is 2.66. The summed E-state index contributed by atoms with van der Waals surface area (Å²) in [5, 5.41) is 0. The van der Waals surface area contributed by atoms with E-state index in [4.69, 9.17) is 15.8 Å². The zero-order chi connectivity index (χ0) is 20.0. The van der Waals surface area contributed by atoms with Crippen molar-refractivity contribution >= 4 is 27.6 Å². The molecule has 0 radical (unpaired) electrons. The molecule has 0 aliphatic heterocycles. The quantitative estimate of drug-likeness (QED) is 0.485. The summed E-state index contributed by atoms with van der Waals surface area (Å²) in [5.74, 6) is -0.663. The minimum Gasteiger partial charge on any atom is -0.379 e. The second-order valence-corrected chi connectivity index (χ2v) is 7.86. The fourth-order valence-corrected chi connectivity index (χ4v) is 3.49. The Bertz CT molecular complexity index is 870. The summed E-state index contributed by atoms with van der Waals surface area (Å²) in [6, 6.07) is 10.8. The van der Waals surface area contributed by atoms with Crippen LogP contribution in [0.4, 0.5) is 4.39 Å². The fourth-order valence-electron chi connectivity index (χ4n) is 2.41. The van der Waals surface area contributed by atoms with Crippen molar-refractivity contribution in [3.05, 3.63) is 59.9 Å². The van der Waals surface area contributed by atoms with Gasteiger partial charge in [0.25, 0.3) is 0 Å². The maximum absolute atomic E-state index is 12.9. The Kier molecular flexibility index (Phi) is 7.21. The number of carbonyl (C=O) groups is 1. The molecule has 0 bridgehead atoms. The minimum absolute atomic E-state index is 0.0334. The van der Waals surface area contributed by atoms with Gasteiger partial charge in [-0.1, -0.05) is 19.1 Å². The van der Waals surface area contributed by atoms with E-state index in [-0.39, 0.29) is 28.5 Å². The van der Waals surface area contributed by atoms with Gasteiger partial charge in [0.1, 0.15) is 22.3 Å². The monoisotopic (exact) mass is 413 g/mol. The van der Waals surface area contributed by atoms with Crippen molar-refractivity contribution in [3.8, 4) is 5.75 Å². The molecule has 2 rings (SSSR count). The van der Waals surface area contributed by atoms with E-state index in [0.717, 1.165) is 36.2 Å². The Hall–Kier alpha value is -2.12. The highest BCUT2D eigenvalue weighted by molar-refractivity contribution is 7.87. The first-order valence-corrected chi connectivity index (χ1v) is 10.4. The van der Waals surface area contributed by atoms with Crippen molar-refractivity contribution in [2.45, 2.75) is 37.8 Å². The van der Waals surface area contributed by atoms with Crippen molar-refractivity contribution in [1.82, 2.24) is 4.90 Å². The van der Waals surface area contributed by atoms with E-state index in [1.165, 1.54) is 12.1 Å². The maximum Gasteiger partial charge on any atom is 0.339 e. The molecular formula is C19H21ClFNO4S. The molecule has 5 nitrogen and oxygen atoms in total. The first-order valence-electron chi connectivity index (χ1n) is 8.41. The second-order valence-electron chi connectivity index (χ2n) is 6.05. The molecule has 2 aromatic carbocycles. The van der Waals surface area contributed by atoms with Crippen LogP contribution in [0.2, 0.25) is 0 Å². The molecule has 27 heavy (non-hydrogen) atoms. The van der Waals surface area contributed by atoms with Crippen molar-refractivity contribution in [2.75, 3.05) is 5.88 Å². The third-order valence-electron chi connectivity index (χ3n) is 4.14. The molecule has 0 saturated heterocycles. The Morgan fingerprint density at radius 1 is 1.15 bits per heavy atom. The lowest BCUT2D eigenvalue weighted by atomic mass is 10.1. The molecule has 1 unspecified atom stereocenters. The summed E-state index contributed by atoms with van der Waals surface area (Å²) in [4.78, 5) is 13.6. The standard InChI is InChI=1S/C19H21ClFNO4S/c1-3-14(2)22(19(23)12-20)13-15-4-8-17(9-5-15)26-27(24,25)18-10-6-16(21)7-11-18/h4-11,14H,3,12-13H2,1-2H3. The highest BCUT2D eigenvalue weighted by atomic mass is 35.5. The number of amides is 1. The molecule has 0 N–H and O–H groups in total. The Morgan fingerprint density at radius 2 is 1.74 bits per heavy atom. The normalized spacial score (nSPS) is 12.4. The summed E-state index contributed by atoms with van der Waals surface area (Å²) in [5.41, 5.74) is 0.820. The van der Waals surface area contributed by atoms with Gasteiger partial charge in [-0.3, -0.25) is 4.79 Å². The lowest BCUT2D eigenvalue weighted by molar-refractivity contribution is -0.131. The molecular weight excluding hydrogens is 393 g/mol. The first-order chi connectivity index (χ1) is 12.8. The van der Waals surface area contributed by atoms with Crippen molar-refractivity contribution in [3.63, 3.8) is 0 Å². The highest BCUT2D eigenvalue weighted by Gasteiger charge is 2.19. The van der Waals surface area contributed by atoms with Gasteiger partial charge in [-0.25, -0.2) is 4.39 Å². The SMILES string of the molecule is CCC(C)N(Cc1ccc(OS(=O)(=O)c2ccc(F)cc2)cc1)C(=O)CCl. The molecule has 2 aromatic rings.